The Morgan fingerprint density at radius 1 is 1.26 bits per heavy atom. The van der Waals surface area contributed by atoms with Gasteiger partial charge in [-0.3, -0.25) is 18.7 Å². The standard InChI is InChI=1S/C19H22ClN5O5S/c1-25(31(3,28)29)17-13(20)5-4-6-14(17)22-15-9-16(23-18(26)11-7-8-11)21-10-12(15)19(27)24-30-2/h4-6,9-11H,7-8H2,1-3H3,(H,24,27)(H2,21,22,23,26). The lowest BCUT2D eigenvalue weighted by molar-refractivity contribution is -0.117. The summed E-state index contributed by atoms with van der Waals surface area (Å²) in [6.45, 7) is 0. The number of hydroxylamine groups is 1. The van der Waals surface area contributed by atoms with Crippen LogP contribution in [0.1, 0.15) is 23.2 Å². The number of nitrogens with zero attached hydrogens (tertiary/aromatic N) is 2. The van der Waals surface area contributed by atoms with Gasteiger partial charge in [0.1, 0.15) is 5.82 Å². The number of rotatable bonds is 8. The molecular weight excluding hydrogens is 446 g/mol. The Bertz CT molecular complexity index is 1120. The second kappa shape index (κ2) is 9.08. The normalized spacial score (nSPS) is 13.4. The second-order valence-corrected chi connectivity index (χ2v) is 9.43. The van der Waals surface area contributed by atoms with Gasteiger partial charge in [0, 0.05) is 25.2 Å². The van der Waals surface area contributed by atoms with E-state index in [9.17, 15) is 18.0 Å². The Morgan fingerprint density at radius 2 is 1.97 bits per heavy atom. The van der Waals surface area contributed by atoms with Crippen molar-refractivity contribution in [3.63, 3.8) is 0 Å². The summed E-state index contributed by atoms with van der Waals surface area (Å²) in [6, 6.07) is 6.28. The fraction of sp³-hybridized carbons (Fsp3) is 0.316. The van der Waals surface area contributed by atoms with Crippen LogP contribution in [-0.2, 0) is 19.7 Å². The van der Waals surface area contributed by atoms with Gasteiger partial charge in [0.15, 0.2) is 0 Å². The van der Waals surface area contributed by atoms with Crippen molar-refractivity contribution in [2.24, 2.45) is 5.92 Å². The van der Waals surface area contributed by atoms with E-state index in [2.05, 4.69) is 21.1 Å². The summed E-state index contributed by atoms with van der Waals surface area (Å²) in [6.07, 6.45) is 3.99. The fourth-order valence-electron chi connectivity index (χ4n) is 2.78. The Kier molecular flexibility index (Phi) is 6.68. The predicted octanol–water partition coefficient (Wildman–Crippen LogP) is 2.51. The molecule has 3 rings (SSSR count). The van der Waals surface area contributed by atoms with Crippen LogP contribution >= 0.6 is 11.6 Å². The van der Waals surface area contributed by atoms with E-state index in [1.165, 1.54) is 26.4 Å². The Hall–Kier alpha value is -2.89. The van der Waals surface area contributed by atoms with Gasteiger partial charge in [-0.1, -0.05) is 17.7 Å². The molecule has 1 aliphatic carbocycles. The summed E-state index contributed by atoms with van der Waals surface area (Å²) < 4.78 is 25.2. The van der Waals surface area contributed by atoms with Gasteiger partial charge < -0.3 is 10.6 Å². The van der Waals surface area contributed by atoms with Crippen molar-refractivity contribution in [1.29, 1.82) is 0 Å². The van der Waals surface area contributed by atoms with E-state index in [0.717, 1.165) is 23.4 Å². The number of carbonyl (C=O) groups excluding carboxylic acids is 2. The first-order chi connectivity index (χ1) is 14.6. The van der Waals surface area contributed by atoms with Gasteiger partial charge in [0.05, 0.1) is 41.0 Å². The minimum atomic E-state index is -3.61. The highest BCUT2D eigenvalue weighted by molar-refractivity contribution is 7.92. The van der Waals surface area contributed by atoms with Gasteiger partial charge in [0.2, 0.25) is 15.9 Å². The molecule has 12 heteroatoms. The fourth-order valence-corrected chi connectivity index (χ4v) is 3.66. The van der Waals surface area contributed by atoms with Gasteiger partial charge in [-0.15, -0.1) is 0 Å². The third-order valence-electron chi connectivity index (χ3n) is 4.61. The zero-order chi connectivity index (χ0) is 22.8. The molecule has 166 valence electrons. The molecule has 0 bridgehead atoms. The molecule has 1 aromatic carbocycles. The molecule has 2 amide bonds. The van der Waals surface area contributed by atoms with Crippen molar-refractivity contribution in [2.45, 2.75) is 12.8 Å². The summed E-state index contributed by atoms with van der Waals surface area (Å²) >= 11 is 6.28. The lowest BCUT2D eigenvalue weighted by atomic mass is 10.2. The Morgan fingerprint density at radius 3 is 2.58 bits per heavy atom. The van der Waals surface area contributed by atoms with Gasteiger partial charge in [0.25, 0.3) is 5.91 Å². The number of nitrogens with one attached hydrogen (secondary N) is 3. The van der Waals surface area contributed by atoms with Crippen LogP contribution in [-0.4, -0.2) is 45.6 Å². The number of carbonyl (C=O) groups is 2. The van der Waals surface area contributed by atoms with E-state index in [4.69, 9.17) is 16.4 Å². The van der Waals surface area contributed by atoms with E-state index in [0.29, 0.717) is 5.69 Å². The topological polar surface area (TPSA) is 130 Å². The maximum atomic E-state index is 12.4. The van der Waals surface area contributed by atoms with Crippen LogP contribution in [0.4, 0.5) is 22.9 Å². The van der Waals surface area contributed by atoms with Gasteiger partial charge in [-0.05, 0) is 25.0 Å². The SMILES string of the molecule is CONC(=O)c1cnc(NC(=O)C2CC2)cc1Nc1cccc(Cl)c1N(C)S(C)(=O)=O. The van der Waals surface area contributed by atoms with Crippen LogP contribution in [0.25, 0.3) is 0 Å². The first-order valence-corrected chi connectivity index (χ1v) is 11.5. The number of pyridine rings is 1. The average Bonchev–Trinajstić information content (AvgIpc) is 3.53. The smallest absolute Gasteiger partial charge is 0.278 e. The molecule has 1 fully saturated rings. The van der Waals surface area contributed by atoms with Crippen molar-refractivity contribution in [3.8, 4) is 0 Å². The van der Waals surface area contributed by atoms with Gasteiger partial charge in [-0.2, -0.15) is 0 Å². The van der Waals surface area contributed by atoms with Crippen LogP contribution in [0.5, 0.6) is 0 Å². The van der Waals surface area contributed by atoms with Crippen molar-refractivity contribution in [2.75, 3.05) is 35.4 Å². The zero-order valence-electron chi connectivity index (χ0n) is 17.1. The van der Waals surface area contributed by atoms with Crippen LogP contribution in [0.3, 0.4) is 0 Å². The average molecular weight is 468 g/mol. The van der Waals surface area contributed by atoms with E-state index in [1.807, 2.05) is 0 Å². The van der Waals surface area contributed by atoms with E-state index in [-0.39, 0.29) is 39.6 Å². The Balaban J connectivity index is 2.03. The van der Waals surface area contributed by atoms with E-state index in [1.54, 1.807) is 18.2 Å². The minimum absolute atomic E-state index is 0.0300. The quantitative estimate of drug-likeness (QED) is 0.508. The second-order valence-electron chi connectivity index (χ2n) is 7.01. The molecule has 1 aliphatic rings. The lowest BCUT2D eigenvalue weighted by Crippen LogP contribution is -2.26. The molecule has 1 saturated carbocycles. The number of aromatic nitrogens is 1. The molecule has 1 heterocycles. The first kappa shape index (κ1) is 22.8. The molecule has 0 atom stereocenters. The number of halogens is 1. The largest absolute Gasteiger partial charge is 0.353 e. The minimum Gasteiger partial charge on any atom is -0.353 e. The van der Waals surface area contributed by atoms with Crippen LogP contribution in [0, 0.1) is 5.92 Å². The molecule has 0 unspecified atom stereocenters. The highest BCUT2D eigenvalue weighted by Crippen LogP contribution is 2.37. The summed E-state index contributed by atoms with van der Waals surface area (Å²) in [5.74, 6) is -0.517. The number of hydrogen-bond donors (Lipinski definition) is 3. The Labute approximate surface area is 184 Å². The molecule has 3 N–H and O–H groups in total. The molecule has 31 heavy (non-hydrogen) atoms. The molecule has 0 spiro atoms. The molecule has 0 radical (unpaired) electrons. The number of anilines is 4. The van der Waals surface area contributed by atoms with Crippen LogP contribution in [0.2, 0.25) is 5.02 Å². The highest BCUT2D eigenvalue weighted by atomic mass is 35.5. The maximum Gasteiger partial charge on any atom is 0.278 e. The number of benzene rings is 1. The van der Waals surface area contributed by atoms with Gasteiger partial charge >= 0.3 is 0 Å². The zero-order valence-corrected chi connectivity index (χ0v) is 18.7. The summed E-state index contributed by atoms with van der Waals surface area (Å²) in [5, 5.41) is 5.94. The maximum absolute atomic E-state index is 12.4. The van der Waals surface area contributed by atoms with Crippen LogP contribution in [0.15, 0.2) is 30.5 Å². The van der Waals surface area contributed by atoms with E-state index < -0.39 is 15.9 Å². The number of amides is 2. The number of sulfonamides is 1. The molecule has 2 aromatic rings. The van der Waals surface area contributed by atoms with Crippen molar-refractivity contribution in [1.82, 2.24) is 10.5 Å². The predicted molar refractivity (Wildman–Crippen MR) is 118 cm³/mol. The summed E-state index contributed by atoms with van der Waals surface area (Å²) in [5.41, 5.74) is 3.12. The monoisotopic (exact) mass is 467 g/mol. The molecule has 0 aliphatic heterocycles. The molecule has 10 nitrogen and oxygen atoms in total. The first-order valence-electron chi connectivity index (χ1n) is 9.25. The van der Waals surface area contributed by atoms with Crippen LogP contribution < -0.4 is 20.4 Å². The molecule has 0 saturated heterocycles. The van der Waals surface area contributed by atoms with E-state index >= 15 is 0 Å². The third kappa shape index (κ3) is 5.43. The lowest BCUT2D eigenvalue weighted by Gasteiger charge is -2.23. The van der Waals surface area contributed by atoms with Crippen molar-refractivity contribution < 1.29 is 22.8 Å². The molecular formula is C19H22ClN5O5S. The van der Waals surface area contributed by atoms with Crippen molar-refractivity contribution >= 4 is 56.3 Å². The summed E-state index contributed by atoms with van der Waals surface area (Å²) in [4.78, 5) is 33.3. The highest BCUT2D eigenvalue weighted by Gasteiger charge is 2.30. The number of hydrogen-bond acceptors (Lipinski definition) is 7. The van der Waals surface area contributed by atoms with Gasteiger partial charge in [-0.25, -0.2) is 18.9 Å². The van der Waals surface area contributed by atoms with Crippen molar-refractivity contribution in [3.05, 3.63) is 41.0 Å². The number of para-hydroxylation sites is 1. The summed E-state index contributed by atoms with van der Waals surface area (Å²) in [7, 11) is -0.955. The molecule has 1 aromatic heterocycles. The third-order valence-corrected chi connectivity index (χ3v) is 6.09.